The van der Waals surface area contributed by atoms with E-state index in [1.54, 1.807) is 11.8 Å². The van der Waals surface area contributed by atoms with Crippen molar-refractivity contribution in [2.75, 3.05) is 13.2 Å². The van der Waals surface area contributed by atoms with Crippen LogP contribution in [0.5, 0.6) is 0 Å². The fourth-order valence-electron chi connectivity index (χ4n) is 1.20. The number of benzene rings is 1. The van der Waals surface area contributed by atoms with Crippen molar-refractivity contribution in [3.8, 4) is 11.8 Å². The quantitative estimate of drug-likeness (QED) is 0.786. The van der Waals surface area contributed by atoms with Gasteiger partial charge in [-0.2, -0.15) is 11.8 Å². The molecule has 2 N–H and O–H groups in total. The average Bonchev–Trinajstić information content (AvgIpc) is 2.37. The number of aliphatic hydroxyl groups excluding tert-OH is 2. The molecule has 0 saturated heterocycles. The molecule has 2 nitrogen and oxygen atoms in total. The minimum absolute atomic E-state index is 0.112. The molecule has 0 aliphatic carbocycles. The largest absolute Gasteiger partial charge is 0.395 e. The van der Waals surface area contributed by atoms with Gasteiger partial charge in [-0.3, -0.25) is 0 Å². The summed E-state index contributed by atoms with van der Waals surface area (Å²) in [5, 5.41) is 17.8. The molecule has 1 rings (SSSR count). The monoisotopic (exact) mass is 250 g/mol. The lowest BCUT2D eigenvalue weighted by atomic mass is 10.1. The first-order valence-corrected chi connectivity index (χ1v) is 6.72. The highest BCUT2D eigenvalue weighted by Gasteiger charge is 2.00. The molecule has 17 heavy (non-hydrogen) atoms. The lowest BCUT2D eigenvalue weighted by Gasteiger charge is -2.07. The van der Waals surface area contributed by atoms with Crippen LogP contribution in [0.15, 0.2) is 24.3 Å². The molecule has 0 heterocycles. The molecule has 0 amide bonds. The Morgan fingerprint density at radius 2 is 1.94 bits per heavy atom. The van der Waals surface area contributed by atoms with Gasteiger partial charge in [0.05, 0.1) is 13.2 Å². The molecule has 92 valence electrons. The SMILES string of the molecule is CC(CO)SCc1ccc(C#CCCO)cc1. The third kappa shape index (κ3) is 5.78. The molecule has 0 aliphatic rings. The molecule has 1 aromatic rings. The lowest BCUT2D eigenvalue weighted by molar-refractivity contribution is 0.300. The maximum atomic E-state index is 8.92. The predicted molar refractivity (Wildman–Crippen MR) is 72.9 cm³/mol. The second-order valence-electron chi connectivity index (χ2n) is 3.78. The van der Waals surface area contributed by atoms with E-state index in [0.717, 1.165) is 11.3 Å². The van der Waals surface area contributed by atoms with Gasteiger partial charge < -0.3 is 10.2 Å². The van der Waals surface area contributed by atoms with Crippen molar-refractivity contribution in [2.24, 2.45) is 0 Å². The molecule has 1 atom stereocenters. The first-order chi connectivity index (χ1) is 8.26. The normalized spacial score (nSPS) is 11.7. The van der Waals surface area contributed by atoms with Crippen molar-refractivity contribution in [2.45, 2.75) is 24.3 Å². The minimum Gasteiger partial charge on any atom is -0.395 e. The molecule has 0 radical (unpaired) electrons. The highest BCUT2D eigenvalue weighted by molar-refractivity contribution is 7.99. The van der Waals surface area contributed by atoms with Crippen molar-refractivity contribution < 1.29 is 10.2 Å². The van der Waals surface area contributed by atoms with E-state index in [1.165, 1.54) is 5.56 Å². The van der Waals surface area contributed by atoms with Gasteiger partial charge >= 0.3 is 0 Å². The maximum Gasteiger partial charge on any atom is 0.0547 e. The summed E-state index contributed by atoms with van der Waals surface area (Å²) in [4.78, 5) is 0. The van der Waals surface area contributed by atoms with Crippen LogP contribution in [0.3, 0.4) is 0 Å². The van der Waals surface area contributed by atoms with Crippen LogP contribution in [0.2, 0.25) is 0 Å². The van der Waals surface area contributed by atoms with Crippen LogP contribution in [0.25, 0.3) is 0 Å². The van der Waals surface area contributed by atoms with Gasteiger partial charge in [0, 0.05) is 23.0 Å². The second kappa shape index (κ2) is 8.19. The van der Waals surface area contributed by atoms with Crippen LogP contribution in [0.4, 0.5) is 0 Å². The van der Waals surface area contributed by atoms with E-state index < -0.39 is 0 Å². The van der Waals surface area contributed by atoms with Crippen LogP contribution in [0, 0.1) is 11.8 Å². The molecule has 0 fully saturated rings. The van der Waals surface area contributed by atoms with Crippen molar-refractivity contribution in [1.29, 1.82) is 0 Å². The van der Waals surface area contributed by atoms with Crippen LogP contribution in [0.1, 0.15) is 24.5 Å². The zero-order valence-corrected chi connectivity index (χ0v) is 10.8. The van der Waals surface area contributed by atoms with Gasteiger partial charge in [0.2, 0.25) is 0 Å². The van der Waals surface area contributed by atoms with E-state index in [9.17, 15) is 0 Å². The smallest absolute Gasteiger partial charge is 0.0547 e. The van der Waals surface area contributed by atoms with Gasteiger partial charge in [-0.05, 0) is 17.7 Å². The third-order valence-electron chi connectivity index (χ3n) is 2.22. The molecule has 0 aromatic heterocycles. The van der Waals surface area contributed by atoms with Crippen LogP contribution in [-0.4, -0.2) is 28.7 Å². The number of aliphatic hydroxyl groups is 2. The van der Waals surface area contributed by atoms with E-state index in [1.807, 2.05) is 19.1 Å². The van der Waals surface area contributed by atoms with E-state index >= 15 is 0 Å². The van der Waals surface area contributed by atoms with Crippen LogP contribution >= 0.6 is 11.8 Å². The fourth-order valence-corrected chi connectivity index (χ4v) is 1.97. The maximum absolute atomic E-state index is 8.92. The number of hydrogen-bond acceptors (Lipinski definition) is 3. The molecule has 0 bridgehead atoms. The van der Waals surface area contributed by atoms with Gasteiger partial charge in [0.15, 0.2) is 0 Å². The van der Waals surface area contributed by atoms with Gasteiger partial charge in [-0.25, -0.2) is 0 Å². The topological polar surface area (TPSA) is 40.5 Å². The summed E-state index contributed by atoms with van der Waals surface area (Å²) in [6, 6.07) is 8.09. The Morgan fingerprint density at radius 1 is 1.24 bits per heavy atom. The highest BCUT2D eigenvalue weighted by Crippen LogP contribution is 2.17. The first-order valence-electron chi connectivity index (χ1n) is 5.67. The van der Waals surface area contributed by atoms with Crippen LogP contribution in [-0.2, 0) is 5.75 Å². The summed E-state index contributed by atoms with van der Waals surface area (Å²) in [7, 11) is 0. The predicted octanol–water partition coefficient (Wildman–Crippen LogP) is 2.03. The summed E-state index contributed by atoms with van der Waals surface area (Å²) in [6.07, 6.45) is 0.519. The molecule has 0 saturated carbocycles. The Labute approximate surface area is 107 Å². The molecule has 3 heteroatoms. The average molecular weight is 250 g/mol. The highest BCUT2D eigenvalue weighted by atomic mass is 32.2. The van der Waals surface area contributed by atoms with E-state index in [2.05, 4.69) is 24.0 Å². The Balaban J connectivity index is 2.48. The summed E-state index contributed by atoms with van der Waals surface area (Å²) >= 11 is 1.74. The van der Waals surface area contributed by atoms with Crippen molar-refractivity contribution >= 4 is 11.8 Å². The summed E-state index contributed by atoms with van der Waals surface area (Å²) < 4.78 is 0. The lowest BCUT2D eigenvalue weighted by Crippen LogP contribution is -2.02. The van der Waals surface area contributed by atoms with E-state index in [-0.39, 0.29) is 18.5 Å². The molecule has 1 aromatic carbocycles. The zero-order chi connectivity index (χ0) is 12.5. The van der Waals surface area contributed by atoms with Gasteiger partial charge in [0.25, 0.3) is 0 Å². The minimum atomic E-state index is 0.112. The second-order valence-corrected chi connectivity index (χ2v) is 5.20. The van der Waals surface area contributed by atoms with Gasteiger partial charge in [-0.1, -0.05) is 30.9 Å². The Bertz CT molecular complexity index is 375. The summed E-state index contributed by atoms with van der Waals surface area (Å²) in [5.41, 5.74) is 2.21. The summed E-state index contributed by atoms with van der Waals surface area (Å²) in [5.74, 6) is 6.79. The summed E-state index contributed by atoms with van der Waals surface area (Å²) in [6.45, 7) is 2.34. The molecule has 0 spiro atoms. The Hall–Kier alpha value is -0.950. The van der Waals surface area contributed by atoms with E-state index in [4.69, 9.17) is 10.2 Å². The fraction of sp³-hybridized carbons (Fsp3) is 0.429. The molecule has 1 unspecified atom stereocenters. The Kier molecular flexibility index (Phi) is 6.80. The zero-order valence-electron chi connectivity index (χ0n) is 10.0. The van der Waals surface area contributed by atoms with E-state index in [0.29, 0.717) is 6.42 Å². The number of thioether (sulfide) groups is 1. The van der Waals surface area contributed by atoms with Crippen molar-refractivity contribution in [1.82, 2.24) is 0 Å². The van der Waals surface area contributed by atoms with Crippen LogP contribution < -0.4 is 0 Å². The standard InChI is InChI=1S/C14H18O2S/c1-12(10-16)17-11-14-7-5-13(6-8-14)4-2-3-9-15/h5-8,12,15-16H,3,9-11H2,1H3. The number of rotatable bonds is 5. The van der Waals surface area contributed by atoms with Crippen molar-refractivity contribution in [3.63, 3.8) is 0 Å². The van der Waals surface area contributed by atoms with Gasteiger partial charge in [0.1, 0.15) is 0 Å². The molecule has 0 aliphatic heterocycles. The molecular weight excluding hydrogens is 232 g/mol. The first kappa shape index (κ1) is 14.1. The third-order valence-corrected chi connectivity index (χ3v) is 3.43. The number of hydrogen-bond donors (Lipinski definition) is 2. The van der Waals surface area contributed by atoms with Gasteiger partial charge in [-0.15, -0.1) is 0 Å². The molecular formula is C14H18O2S. The Morgan fingerprint density at radius 3 is 2.53 bits per heavy atom. The van der Waals surface area contributed by atoms with Crippen molar-refractivity contribution in [3.05, 3.63) is 35.4 Å².